The first-order valence-electron chi connectivity index (χ1n) is 12.1. The summed E-state index contributed by atoms with van der Waals surface area (Å²) in [5.41, 5.74) is 2.84. The van der Waals surface area contributed by atoms with Crippen LogP contribution in [-0.4, -0.2) is 35.0 Å². The highest BCUT2D eigenvalue weighted by Crippen LogP contribution is 2.46. The molecular formula is C29H26N2O5S. The van der Waals surface area contributed by atoms with Gasteiger partial charge in [0, 0.05) is 5.56 Å². The molecule has 1 unspecified atom stereocenters. The van der Waals surface area contributed by atoms with E-state index in [2.05, 4.69) is 4.98 Å². The number of aliphatic hydroxyl groups excluding tert-OH is 1. The van der Waals surface area contributed by atoms with Gasteiger partial charge in [-0.15, -0.1) is 0 Å². The number of rotatable bonds is 7. The van der Waals surface area contributed by atoms with Gasteiger partial charge in [0.05, 0.1) is 35.0 Å². The van der Waals surface area contributed by atoms with Crippen LogP contribution < -0.4 is 14.4 Å². The Morgan fingerprint density at radius 2 is 1.70 bits per heavy atom. The van der Waals surface area contributed by atoms with Gasteiger partial charge in [0.15, 0.2) is 16.6 Å². The van der Waals surface area contributed by atoms with Gasteiger partial charge < -0.3 is 14.6 Å². The van der Waals surface area contributed by atoms with Crippen molar-refractivity contribution in [2.75, 3.05) is 18.1 Å². The van der Waals surface area contributed by atoms with Gasteiger partial charge in [-0.3, -0.25) is 14.5 Å². The number of carbonyl (C=O) groups is 2. The number of carbonyl (C=O) groups excluding carboxylic acids is 2. The lowest BCUT2D eigenvalue weighted by Gasteiger charge is -2.24. The maximum atomic E-state index is 13.5. The number of ketones is 1. The highest BCUT2D eigenvalue weighted by molar-refractivity contribution is 7.22. The van der Waals surface area contributed by atoms with Gasteiger partial charge in [-0.2, -0.15) is 0 Å². The standard InChI is InChI=1S/C29H26N2O5S/c1-4-35-21-14-12-19(16-22(21)36-5-2)25-24(26(32)18-9-7-6-8-10-18)27(33)28(34)31(25)29-30-20-13-11-17(3)15-23(20)37-29/h6-16,25,32H,4-5H2,1-3H3/b26-24+. The average Bonchev–Trinajstić information content (AvgIpc) is 3.43. The topological polar surface area (TPSA) is 89.0 Å². The lowest BCUT2D eigenvalue weighted by molar-refractivity contribution is -0.132. The summed E-state index contributed by atoms with van der Waals surface area (Å²) in [6, 6.07) is 19.0. The third kappa shape index (κ3) is 4.44. The normalized spacial score (nSPS) is 16.9. The molecule has 0 saturated carbocycles. The Labute approximate surface area is 218 Å². The number of Topliss-reactive ketones (excluding diaryl/α,β-unsaturated/α-hetero) is 1. The zero-order valence-corrected chi connectivity index (χ0v) is 21.5. The molecule has 37 heavy (non-hydrogen) atoms. The van der Waals surface area contributed by atoms with E-state index >= 15 is 0 Å². The van der Waals surface area contributed by atoms with Gasteiger partial charge in [0.25, 0.3) is 5.78 Å². The molecule has 1 saturated heterocycles. The van der Waals surface area contributed by atoms with Crippen LogP contribution in [-0.2, 0) is 9.59 Å². The van der Waals surface area contributed by atoms with E-state index in [1.165, 1.54) is 16.2 Å². The van der Waals surface area contributed by atoms with Gasteiger partial charge in [-0.05, 0) is 56.2 Å². The van der Waals surface area contributed by atoms with Crippen LogP contribution in [0.3, 0.4) is 0 Å². The number of fused-ring (bicyclic) bond motifs is 1. The molecule has 1 aromatic heterocycles. The lowest BCUT2D eigenvalue weighted by atomic mass is 9.95. The third-order valence-corrected chi connectivity index (χ3v) is 7.13. The smallest absolute Gasteiger partial charge is 0.301 e. The fourth-order valence-corrected chi connectivity index (χ4v) is 5.55. The lowest BCUT2D eigenvalue weighted by Crippen LogP contribution is -2.29. The van der Waals surface area contributed by atoms with Crippen LogP contribution in [0.1, 0.15) is 36.6 Å². The molecule has 4 aromatic rings. The Morgan fingerprint density at radius 3 is 2.43 bits per heavy atom. The van der Waals surface area contributed by atoms with E-state index < -0.39 is 17.7 Å². The van der Waals surface area contributed by atoms with Crippen molar-refractivity contribution in [1.82, 2.24) is 4.98 Å². The van der Waals surface area contributed by atoms with Crippen molar-refractivity contribution in [3.63, 3.8) is 0 Å². The van der Waals surface area contributed by atoms with Crippen LogP contribution in [0, 0.1) is 6.92 Å². The van der Waals surface area contributed by atoms with Gasteiger partial charge >= 0.3 is 5.91 Å². The first-order valence-corrected chi connectivity index (χ1v) is 12.9. The molecule has 0 radical (unpaired) electrons. The molecular weight excluding hydrogens is 488 g/mol. The van der Waals surface area contributed by atoms with Crippen LogP contribution in [0.15, 0.2) is 72.3 Å². The Morgan fingerprint density at radius 1 is 0.973 bits per heavy atom. The number of thiazole rings is 1. The molecule has 1 amide bonds. The van der Waals surface area contributed by atoms with E-state index in [1.807, 2.05) is 45.0 Å². The van der Waals surface area contributed by atoms with Crippen LogP contribution in [0.5, 0.6) is 11.5 Å². The summed E-state index contributed by atoms with van der Waals surface area (Å²) in [6.45, 7) is 6.60. The minimum Gasteiger partial charge on any atom is -0.507 e. The fourth-order valence-electron chi connectivity index (χ4n) is 4.46. The summed E-state index contributed by atoms with van der Waals surface area (Å²) < 4.78 is 12.4. The minimum atomic E-state index is -0.906. The Hall–Kier alpha value is -4.17. The summed E-state index contributed by atoms with van der Waals surface area (Å²) in [5.74, 6) is -0.704. The van der Waals surface area contributed by atoms with Gasteiger partial charge in [-0.25, -0.2) is 4.98 Å². The molecule has 1 fully saturated rings. The first kappa shape index (κ1) is 24.5. The summed E-state index contributed by atoms with van der Waals surface area (Å²) in [5, 5.41) is 11.7. The second-order valence-electron chi connectivity index (χ2n) is 8.57. The Balaban J connectivity index is 1.73. The molecule has 1 atom stereocenters. The van der Waals surface area contributed by atoms with Crippen LogP contribution in [0.4, 0.5) is 5.13 Å². The molecule has 5 rings (SSSR count). The van der Waals surface area contributed by atoms with E-state index in [0.29, 0.717) is 41.0 Å². The van der Waals surface area contributed by atoms with Gasteiger partial charge in [0.1, 0.15) is 5.76 Å². The van der Waals surface area contributed by atoms with Crippen LogP contribution in [0.2, 0.25) is 0 Å². The summed E-state index contributed by atoms with van der Waals surface area (Å²) in [4.78, 5) is 33.0. The van der Waals surface area contributed by atoms with Crippen molar-refractivity contribution in [2.45, 2.75) is 26.8 Å². The molecule has 0 bridgehead atoms. The molecule has 3 aromatic carbocycles. The first-order chi connectivity index (χ1) is 17.9. The molecule has 8 heteroatoms. The molecule has 0 spiro atoms. The Bertz CT molecular complexity index is 1530. The maximum Gasteiger partial charge on any atom is 0.301 e. The number of benzene rings is 3. The van der Waals surface area contributed by atoms with E-state index in [1.54, 1.807) is 42.5 Å². The van der Waals surface area contributed by atoms with E-state index in [0.717, 1.165) is 15.8 Å². The predicted molar refractivity (Wildman–Crippen MR) is 144 cm³/mol. The van der Waals surface area contributed by atoms with Crippen molar-refractivity contribution < 1.29 is 24.2 Å². The summed E-state index contributed by atoms with van der Waals surface area (Å²) >= 11 is 1.33. The van der Waals surface area contributed by atoms with Crippen molar-refractivity contribution in [3.05, 3.63) is 89.0 Å². The summed E-state index contributed by atoms with van der Waals surface area (Å²) in [7, 11) is 0. The highest BCUT2D eigenvalue weighted by atomic mass is 32.1. The third-order valence-electron chi connectivity index (χ3n) is 6.11. The van der Waals surface area contributed by atoms with Crippen molar-refractivity contribution in [3.8, 4) is 11.5 Å². The zero-order chi connectivity index (χ0) is 26.1. The van der Waals surface area contributed by atoms with E-state index in [9.17, 15) is 14.7 Å². The monoisotopic (exact) mass is 514 g/mol. The number of anilines is 1. The number of amides is 1. The zero-order valence-electron chi connectivity index (χ0n) is 20.7. The average molecular weight is 515 g/mol. The van der Waals surface area contributed by atoms with E-state index in [4.69, 9.17) is 9.47 Å². The maximum absolute atomic E-state index is 13.5. The molecule has 7 nitrogen and oxygen atoms in total. The van der Waals surface area contributed by atoms with E-state index in [-0.39, 0.29) is 11.3 Å². The number of aromatic nitrogens is 1. The minimum absolute atomic E-state index is 0.00162. The highest BCUT2D eigenvalue weighted by Gasteiger charge is 2.48. The second-order valence-corrected chi connectivity index (χ2v) is 9.58. The van der Waals surface area contributed by atoms with Crippen molar-refractivity contribution in [2.24, 2.45) is 0 Å². The number of hydrogen-bond acceptors (Lipinski definition) is 7. The van der Waals surface area contributed by atoms with Gasteiger partial charge in [0.2, 0.25) is 0 Å². The quantitative estimate of drug-likeness (QED) is 0.184. The van der Waals surface area contributed by atoms with Crippen molar-refractivity contribution in [1.29, 1.82) is 0 Å². The Kier molecular flexibility index (Phi) is 6.67. The van der Waals surface area contributed by atoms with Crippen LogP contribution >= 0.6 is 11.3 Å². The fraction of sp³-hybridized carbons (Fsp3) is 0.207. The number of nitrogens with zero attached hydrogens (tertiary/aromatic N) is 2. The largest absolute Gasteiger partial charge is 0.507 e. The number of ether oxygens (including phenoxy) is 2. The summed E-state index contributed by atoms with van der Waals surface area (Å²) in [6.07, 6.45) is 0. The molecule has 2 heterocycles. The van der Waals surface area contributed by atoms with Crippen LogP contribution in [0.25, 0.3) is 16.0 Å². The number of aryl methyl sites for hydroxylation is 1. The number of aliphatic hydroxyl groups is 1. The molecule has 0 aliphatic carbocycles. The SMILES string of the molecule is CCOc1ccc(C2/C(=C(\O)c3ccccc3)C(=O)C(=O)N2c2nc3ccc(C)cc3s2)cc1OCC. The molecule has 1 aliphatic rings. The molecule has 1 aliphatic heterocycles. The second kappa shape index (κ2) is 10.1. The molecule has 1 N–H and O–H groups in total. The molecule has 188 valence electrons. The number of hydrogen-bond donors (Lipinski definition) is 1. The predicted octanol–water partition coefficient (Wildman–Crippen LogP) is 6.03. The van der Waals surface area contributed by atoms with Crippen molar-refractivity contribution >= 4 is 44.1 Å². The van der Waals surface area contributed by atoms with Gasteiger partial charge in [-0.1, -0.05) is 53.8 Å².